The van der Waals surface area contributed by atoms with Crippen LogP contribution in [0.1, 0.15) is 29.9 Å². The molecular formula is C23H22N2O5. The summed E-state index contributed by atoms with van der Waals surface area (Å²) in [6, 6.07) is 17.5. The molecule has 7 heteroatoms. The van der Waals surface area contributed by atoms with E-state index in [1.807, 2.05) is 61.5 Å². The summed E-state index contributed by atoms with van der Waals surface area (Å²) >= 11 is 0. The van der Waals surface area contributed by atoms with Crippen LogP contribution in [-0.4, -0.2) is 23.1 Å². The van der Waals surface area contributed by atoms with Gasteiger partial charge in [0.05, 0.1) is 0 Å². The second-order valence-electron chi connectivity index (χ2n) is 7.10. The molecule has 4 rings (SSSR count). The van der Waals surface area contributed by atoms with Crippen LogP contribution in [-0.2, 0) is 22.6 Å². The minimum Gasteiger partial charge on any atom is -0.487 e. The van der Waals surface area contributed by atoms with E-state index in [0.29, 0.717) is 18.9 Å². The number of aryl methyl sites for hydroxylation is 2. The van der Waals surface area contributed by atoms with Gasteiger partial charge in [-0.2, -0.15) is 0 Å². The average Bonchev–Trinajstić information content (AvgIpc) is 3.28. The van der Waals surface area contributed by atoms with Crippen LogP contribution in [0.2, 0.25) is 0 Å². The normalized spacial score (nSPS) is 15.7. The SMILES string of the molecule is Cc1oc(-c2ccccc2)nc1COc1cccc(CCCC2OC(=O)NC2=O)c1. The predicted molar refractivity (Wildman–Crippen MR) is 109 cm³/mol. The molecule has 1 N–H and O–H groups in total. The Morgan fingerprint density at radius 1 is 1.10 bits per heavy atom. The Morgan fingerprint density at radius 2 is 1.93 bits per heavy atom. The maximum Gasteiger partial charge on any atom is 0.414 e. The lowest BCUT2D eigenvalue weighted by Crippen LogP contribution is -2.24. The lowest BCUT2D eigenvalue weighted by atomic mass is 10.1. The molecule has 1 fully saturated rings. The van der Waals surface area contributed by atoms with E-state index in [1.54, 1.807) is 0 Å². The topological polar surface area (TPSA) is 90.7 Å². The van der Waals surface area contributed by atoms with Crippen molar-refractivity contribution in [2.24, 2.45) is 0 Å². The highest BCUT2D eigenvalue weighted by molar-refractivity contribution is 5.99. The number of benzene rings is 2. The van der Waals surface area contributed by atoms with Crippen molar-refractivity contribution in [2.45, 2.75) is 38.9 Å². The summed E-state index contributed by atoms with van der Waals surface area (Å²) in [5, 5.41) is 2.14. The Kier molecular flexibility index (Phi) is 5.79. The second-order valence-corrected chi connectivity index (χ2v) is 7.10. The number of alkyl carbamates (subject to hydrolysis) is 1. The molecule has 1 aromatic heterocycles. The fourth-order valence-electron chi connectivity index (χ4n) is 3.28. The number of carbonyl (C=O) groups excluding carboxylic acids is 2. The number of hydrogen-bond acceptors (Lipinski definition) is 6. The van der Waals surface area contributed by atoms with Crippen LogP contribution in [0, 0.1) is 6.92 Å². The van der Waals surface area contributed by atoms with Gasteiger partial charge in [-0.25, -0.2) is 9.78 Å². The van der Waals surface area contributed by atoms with Gasteiger partial charge in [-0.15, -0.1) is 0 Å². The number of ether oxygens (including phenoxy) is 2. The third-order valence-electron chi connectivity index (χ3n) is 4.89. The number of hydrogen-bond donors (Lipinski definition) is 1. The zero-order valence-corrected chi connectivity index (χ0v) is 16.6. The summed E-state index contributed by atoms with van der Waals surface area (Å²) in [6.45, 7) is 2.18. The molecule has 0 spiro atoms. The maximum absolute atomic E-state index is 11.5. The molecule has 1 unspecified atom stereocenters. The third kappa shape index (κ3) is 4.68. The number of rotatable bonds is 8. The molecule has 0 saturated carbocycles. The molecule has 2 amide bonds. The molecule has 2 aromatic carbocycles. The number of aromatic nitrogens is 1. The Hall–Kier alpha value is -3.61. The number of carbonyl (C=O) groups is 2. The molecular weight excluding hydrogens is 384 g/mol. The standard InChI is InChI=1S/C23H22N2O5/c1-15-19(24-22(29-15)17-9-3-2-4-10-17)14-28-18-11-5-7-16(13-18)8-6-12-20-21(26)25-23(27)30-20/h2-5,7,9-11,13,20H,6,8,12,14H2,1H3,(H,25,26,27). The van der Waals surface area contributed by atoms with E-state index >= 15 is 0 Å². The van der Waals surface area contributed by atoms with Gasteiger partial charge in [0.15, 0.2) is 6.10 Å². The van der Waals surface area contributed by atoms with Gasteiger partial charge in [-0.1, -0.05) is 30.3 Å². The molecule has 1 aliphatic rings. The van der Waals surface area contributed by atoms with Gasteiger partial charge in [0.1, 0.15) is 23.8 Å². The van der Waals surface area contributed by atoms with Crippen LogP contribution in [0.15, 0.2) is 59.0 Å². The third-order valence-corrected chi connectivity index (χ3v) is 4.89. The number of oxazole rings is 1. The quantitative estimate of drug-likeness (QED) is 0.603. The number of nitrogens with one attached hydrogen (secondary N) is 1. The van der Waals surface area contributed by atoms with E-state index in [-0.39, 0.29) is 5.91 Å². The highest BCUT2D eigenvalue weighted by Gasteiger charge is 2.31. The molecule has 7 nitrogen and oxygen atoms in total. The van der Waals surface area contributed by atoms with E-state index < -0.39 is 12.2 Å². The molecule has 1 saturated heterocycles. The van der Waals surface area contributed by atoms with Gasteiger partial charge in [0.2, 0.25) is 5.89 Å². The van der Waals surface area contributed by atoms with Crippen LogP contribution in [0.25, 0.3) is 11.5 Å². The Labute approximate surface area is 174 Å². The van der Waals surface area contributed by atoms with Crippen LogP contribution in [0.3, 0.4) is 0 Å². The summed E-state index contributed by atoms with van der Waals surface area (Å²) in [5.74, 6) is 1.68. The summed E-state index contributed by atoms with van der Waals surface area (Å²) in [4.78, 5) is 27.1. The fraction of sp³-hybridized carbons (Fsp3) is 0.261. The average molecular weight is 406 g/mol. The summed E-state index contributed by atoms with van der Waals surface area (Å²) < 4.78 is 16.6. The molecule has 2 heterocycles. The molecule has 30 heavy (non-hydrogen) atoms. The van der Waals surface area contributed by atoms with Crippen molar-refractivity contribution in [1.82, 2.24) is 10.3 Å². The first-order chi connectivity index (χ1) is 14.6. The number of amides is 2. The van der Waals surface area contributed by atoms with Gasteiger partial charge < -0.3 is 13.9 Å². The van der Waals surface area contributed by atoms with Crippen LogP contribution in [0.4, 0.5) is 4.79 Å². The van der Waals surface area contributed by atoms with Crippen molar-refractivity contribution in [1.29, 1.82) is 0 Å². The first-order valence-electron chi connectivity index (χ1n) is 9.83. The van der Waals surface area contributed by atoms with Crippen molar-refractivity contribution in [3.8, 4) is 17.2 Å². The Balaban J connectivity index is 1.32. The highest BCUT2D eigenvalue weighted by atomic mass is 16.6. The predicted octanol–water partition coefficient (Wildman–Crippen LogP) is 4.19. The molecule has 0 radical (unpaired) electrons. The fourth-order valence-corrected chi connectivity index (χ4v) is 3.28. The minimum atomic E-state index is -0.689. The van der Waals surface area contributed by atoms with E-state index in [9.17, 15) is 9.59 Å². The van der Waals surface area contributed by atoms with Crippen LogP contribution in [0.5, 0.6) is 5.75 Å². The van der Waals surface area contributed by atoms with Gasteiger partial charge in [-0.05, 0) is 56.0 Å². The molecule has 0 aliphatic carbocycles. The molecule has 1 atom stereocenters. The highest BCUT2D eigenvalue weighted by Crippen LogP contribution is 2.23. The second kappa shape index (κ2) is 8.82. The molecule has 3 aromatic rings. The first-order valence-corrected chi connectivity index (χ1v) is 9.83. The Bertz CT molecular complexity index is 1040. The van der Waals surface area contributed by atoms with Gasteiger partial charge in [0, 0.05) is 5.56 Å². The first kappa shape index (κ1) is 19.7. The van der Waals surface area contributed by atoms with E-state index in [1.165, 1.54) is 0 Å². The zero-order chi connectivity index (χ0) is 20.9. The number of cyclic esters (lactones) is 1. The number of nitrogens with zero attached hydrogens (tertiary/aromatic N) is 1. The summed E-state index contributed by atoms with van der Waals surface area (Å²) in [7, 11) is 0. The number of imide groups is 1. The van der Waals surface area contributed by atoms with Gasteiger partial charge in [-0.3, -0.25) is 10.1 Å². The molecule has 154 valence electrons. The monoisotopic (exact) mass is 406 g/mol. The van der Waals surface area contributed by atoms with Crippen molar-refractivity contribution < 1.29 is 23.5 Å². The van der Waals surface area contributed by atoms with Crippen molar-refractivity contribution in [3.63, 3.8) is 0 Å². The summed E-state index contributed by atoms with van der Waals surface area (Å²) in [6.07, 6.45) is 0.602. The van der Waals surface area contributed by atoms with Crippen LogP contribution < -0.4 is 10.1 Å². The summed E-state index contributed by atoms with van der Waals surface area (Å²) in [5.41, 5.74) is 2.77. The minimum absolute atomic E-state index is 0.309. The zero-order valence-electron chi connectivity index (χ0n) is 16.6. The van der Waals surface area contributed by atoms with Crippen molar-refractivity contribution in [2.75, 3.05) is 0 Å². The smallest absolute Gasteiger partial charge is 0.414 e. The van der Waals surface area contributed by atoms with Crippen molar-refractivity contribution >= 4 is 12.0 Å². The van der Waals surface area contributed by atoms with Crippen molar-refractivity contribution in [3.05, 3.63) is 71.6 Å². The van der Waals surface area contributed by atoms with Gasteiger partial charge >= 0.3 is 6.09 Å². The van der Waals surface area contributed by atoms with E-state index in [0.717, 1.165) is 41.2 Å². The van der Waals surface area contributed by atoms with E-state index in [2.05, 4.69) is 10.3 Å². The molecule has 0 bridgehead atoms. The Morgan fingerprint density at radius 3 is 2.70 bits per heavy atom. The lowest BCUT2D eigenvalue weighted by Gasteiger charge is -2.08. The van der Waals surface area contributed by atoms with Gasteiger partial charge in [0.25, 0.3) is 5.91 Å². The van der Waals surface area contributed by atoms with Crippen LogP contribution >= 0.6 is 0 Å². The molecule has 1 aliphatic heterocycles. The largest absolute Gasteiger partial charge is 0.487 e. The van der Waals surface area contributed by atoms with E-state index in [4.69, 9.17) is 13.9 Å². The maximum atomic E-state index is 11.5. The lowest BCUT2D eigenvalue weighted by molar-refractivity contribution is -0.123.